The lowest BCUT2D eigenvalue weighted by atomic mass is 10.2. The number of benzene rings is 2. The Morgan fingerprint density at radius 2 is 1.76 bits per heavy atom. The fourth-order valence-electron chi connectivity index (χ4n) is 1.79. The molecule has 0 aromatic heterocycles. The van der Waals surface area contributed by atoms with E-state index in [4.69, 9.17) is 10.00 Å². The van der Waals surface area contributed by atoms with Crippen LogP contribution in [0.2, 0.25) is 0 Å². The molecule has 4 heteroatoms. The summed E-state index contributed by atoms with van der Waals surface area (Å²) in [5, 5.41) is 8.57. The van der Waals surface area contributed by atoms with Crippen LogP contribution in [0, 0.1) is 18.3 Å². The number of hydrogen-bond donors (Lipinski definition) is 0. The summed E-state index contributed by atoms with van der Waals surface area (Å²) in [6.07, 6.45) is 3.19. The molecule has 0 saturated heterocycles. The van der Waals surface area contributed by atoms with E-state index in [1.54, 1.807) is 6.08 Å². The van der Waals surface area contributed by atoms with Gasteiger partial charge in [-0.25, -0.2) is 0 Å². The molecule has 2 rings (SSSR count). The lowest BCUT2D eigenvalue weighted by Crippen LogP contribution is -1.97. The molecular formula is C17H13Br2NO. The first kappa shape index (κ1) is 15.8. The molecule has 0 spiro atoms. The molecule has 0 aliphatic rings. The summed E-state index contributed by atoms with van der Waals surface area (Å²) in [6.45, 7) is 2.57. The quantitative estimate of drug-likeness (QED) is 0.615. The molecule has 0 heterocycles. The van der Waals surface area contributed by atoms with Crippen molar-refractivity contribution >= 4 is 37.9 Å². The van der Waals surface area contributed by atoms with E-state index in [0.717, 1.165) is 25.8 Å². The van der Waals surface area contributed by atoms with E-state index in [2.05, 4.69) is 63.0 Å². The first-order valence-corrected chi connectivity index (χ1v) is 7.92. The molecule has 21 heavy (non-hydrogen) atoms. The van der Waals surface area contributed by atoms with Gasteiger partial charge < -0.3 is 4.74 Å². The van der Waals surface area contributed by atoms with Gasteiger partial charge in [-0.15, -0.1) is 0 Å². The van der Waals surface area contributed by atoms with Crippen LogP contribution in [-0.4, -0.2) is 0 Å². The van der Waals surface area contributed by atoms with Crippen LogP contribution in [0.25, 0.3) is 6.08 Å². The van der Waals surface area contributed by atoms with Crippen LogP contribution in [-0.2, 0) is 6.61 Å². The lowest BCUT2D eigenvalue weighted by molar-refractivity contribution is 0.302. The van der Waals surface area contributed by atoms with E-state index in [0.29, 0.717) is 6.61 Å². The number of nitriles is 1. The maximum absolute atomic E-state index is 8.57. The van der Waals surface area contributed by atoms with Crippen LogP contribution in [0.1, 0.15) is 16.7 Å². The summed E-state index contributed by atoms with van der Waals surface area (Å²) >= 11 is 7.01. The zero-order valence-corrected chi connectivity index (χ0v) is 14.6. The molecule has 0 atom stereocenters. The Labute approximate surface area is 141 Å². The maximum atomic E-state index is 8.57. The number of halogens is 2. The second-order valence-electron chi connectivity index (χ2n) is 4.55. The number of ether oxygens (including phenoxy) is 1. The van der Waals surface area contributed by atoms with Gasteiger partial charge in [-0.3, -0.25) is 0 Å². The number of nitrogens with zero attached hydrogens (tertiary/aromatic N) is 1. The van der Waals surface area contributed by atoms with E-state index >= 15 is 0 Å². The first-order valence-electron chi connectivity index (χ1n) is 6.33. The van der Waals surface area contributed by atoms with Crippen LogP contribution in [0.3, 0.4) is 0 Å². The Kier molecular flexibility index (Phi) is 5.60. The molecule has 0 aliphatic heterocycles. The molecule has 0 fully saturated rings. The van der Waals surface area contributed by atoms with E-state index in [1.807, 2.05) is 18.2 Å². The van der Waals surface area contributed by atoms with Gasteiger partial charge in [0.15, 0.2) is 0 Å². The Bertz CT molecular complexity index is 677. The smallest absolute Gasteiger partial charge is 0.148 e. The van der Waals surface area contributed by atoms with Gasteiger partial charge in [-0.2, -0.15) is 5.26 Å². The Morgan fingerprint density at radius 3 is 2.33 bits per heavy atom. The van der Waals surface area contributed by atoms with Crippen LogP contribution in [0.5, 0.6) is 5.75 Å². The Morgan fingerprint density at radius 1 is 1.14 bits per heavy atom. The normalized spacial score (nSPS) is 10.6. The van der Waals surface area contributed by atoms with Crippen molar-refractivity contribution in [1.82, 2.24) is 0 Å². The van der Waals surface area contributed by atoms with Gasteiger partial charge in [0, 0.05) is 6.08 Å². The van der Waals surface area contributed by atoms with Crippen LogP contribution >= 0.6 is 31.9 Å². The fraction of sp³-hybridized carbons (Fsp3) is 0.118. The van der Waals surface area contributed by atoms with Gasteiger partial charge in [0.1, 0.15) is 12.4 Å². The molecule has 2 aromatic carbocycles. The second kappa shape index (κ2) is 7.44. The van der Waals surface area contributed by atoms with Crippen LogP contribution < -0.4 is 4.74 Å². The Balaban J connectivity index is 2.15. The predicted molar refractivity (Wildman–Crippen MR) is 92.0 cm³/mol. The highest BCUT2D eigenvalue weighted by molar-refractivity contribution is 9.11. The van der Waals surface area contributed by atoms with E-state index in [1.165, 1.54) is 11.6 Å². The number of hydrogen-bond acceptors (Lipinski definition) is 2. The van der Waals surface area contributed by atoms with Gasteiger partial charge >= 0.3 is 0 Å². The van der Waals surface area contributed by atoms with Crippen molar-refractivity contribution in [2.24, 2.45) is 0 Å². The number of allylic oxidation sites excluding steroid dienone is 1. The molecule has 0 saturated carbocycles. The molecule has 106 valence electrons. The highest BCUT2D eigenvalue weighted by Gasteiger charge is 2.08. The number of aryl methyl sites for hydroxylation is 1. The number of rotatable bonds is 4. The monoisotopic (exact) mass is 405 g/mol. The summed E-state index contributed by atoms with van der Waals surface area (Å²) in [7, 11) is 0. The highest BCUT2D eigenvalue weighted by Crippen LogP contribution is 2.35. The topological polar surface area (TPSA) is 33.0 Å². The molecule has 0 aliphatic carbocycles. The van der Waals surface area contributed by atoms with Gasteiger partial charge in [-0.05, 0) is 68.1 Å². The second-order valence-corrected chi connectivity index (χ2v) is 6.26. The van der Waals surface area contributed by atoms with Gasteiger partial charge in [0.25, 0.3) is 0 Å². The van der Waals surface area contributed by atoms with Crippen molar-refractivity contribution < 1.29 is 4.74 Å². The minimum atomic E-state index is 0.505. The molecule has 0 N–H and O–H groups in total. The van der Waals surface area contributed by atoms with Gasteiger partial charge in [0.05, 0.1) is 15.0 Å². The molecule has 0 amide bonds. The van der Waals surface area contributed by atoms with Crippen molar-refractivity contribution in [2.45, 2.75) is 13.5 Å². The van der Waals surface area contributed by atoms with Crippen LogP contribution in [0.15, 0.2) is 51.4 Å². The van der Waals surface area contributed by atoms with Crippen molar-refractivity contribution in [2.75, 3.05) is 0 Å². The van der Waals surface area contributed by atoms with Gasteiger partial charge in [-0.1, -0.05) is 29.8 Å². The SMILES string of the molecule is Cc1ccc(COc2c(Br)cc(/C=C/C#N)cc2Br)cc1. The largest absolute Gasteiger partial charge is 0.487 e. The van der Waals surface area contributed by atoms with E-state index in [-0.39, 0.29) is 0 Å². The van der Waals surface area contributed by atoms with E-state index in [9.17, 15) is 0 Å². The third-order valence-corrected chi connectivity index (χ3v) is 4.05. The van der Waals surface area contributed by atoms with E-state index < -0.39 is 0 Å². The standard InChI is InChI=1S/C17H13Br2NO/c1-12-4-6-13(7-5-12)11-21-17-15(18)9-14(3-2-8-20)10-16(17)19/h2-7,9-10H,11H2,1H3/b3-2+. The summed E-state index contributed by atoms with van der Waals surface area (Å²) in [5.74, 6) is 0.754. The lowest BCUT2D eigenvalue weighted by Gasteiger charge is -2.11. The first-order chi connectivity index (χ1) is 10.1. The highest BCUT2D eigenvalue weighted by atomic mass is 79.9. The Hall–Kier alpha value is -1.57. The third kappa shape index (κ3) is 4.45. The van der Waals surface area contributed by atoms with Crippen molar-refractivity contribution in [3.05, 3.63) is 68.1 Å². The molecular weight excluding hydrogens is 394 g/mol. The summed E-state index contributed by atoms with van der Waals surface area (Å²) in [6, 6.07) is 14.1. The minimum absolute atomic E-state index is 0.505. The fourth-order valence-corrected chi connectivity index (χ4v) is 3.24. The summed E-state index contributed by atoms with van der Waals surface area (Å²) in [4.78, 5) is 0. The molecule has 0 radical (unpaired) electrons. The van der Waals surface area contributed by atoms with Crippen molar-refractivity contribution in [1.29, 1.82) is 5.26 Å². The van der Waals surface area contributed by atoms with Crippen molar-refractivity contribution in [3.63, 3.8) is 0 Å². The maximum Gasteiger partial charge on any atom is 0.148 e. The van der Waals surface area contributed by atoms with Crippen LogP contribution in [0.4, 0.5) is 0 Å². The molecule has 2 aromatic rings. The average molecular weight is 407 g/mol. The third-order valence-electron chi connectivity index (χ3n) is 2.87. The zero-order chi connectivity index (χ0) is 15.2. The molecule has 0 bridgehead atoms. The predicted octanol–water partition coefficient (Wildman–Crippen LogP) is 5.64. The molecule has 0 unspecified atom stereocenters. The zero-order valence-electron chi connectivity index (χ0n) is 11.4. The average Bonchev–Trinajstić information content (AvgIpc) is 2.46. The summed E-state index contributed by atoms with van der Waals surface area (Å²) in [5.41, 5.74) is 3.28. The minimum Gasteiger partial charge on any atom is -0.487 e. The van der Waals surface area contributed by atoms with Crippen molar-refractivity contribution in [3.8, 4) is 11.8 Å². The molecule has 2 nitrogen and oxygen atoms in total. The van der Waals surface area contributed by atoms with Gasteiger partial charge in [0.2, 0.25) is 0 Å². The summed E-state index contributed by atoms with van der Waals surface area (Å²) < 4.78 is 7.57.